The Hall–Kier alpha value is -2.40. The second kappa shape index (κ2) is 6.85. The van der Waals surface area contributed by atoms with Crippen molar-refractivity contribution in [1.82, 2.24) is 0 Å². The van der Waals surface area contributed by atoms with Gasteiger partial charge >= 0.3 is 0 Å². The summed E-state index contributed by atoms with van der Waals surface area (Å²) < 4.78 is 0. The molecule has 4 nitrogen and oxygen atoms in total. The second-order valence-corrected chi connectivity index (χ2v) is 4.97. The van der Waals surface area contributed by atoms with Crippen molar-refractivity contribution in [3.63, 3.8) is 0 Å². The lowest BCUT2D eigenvalue weighted by atomic mass is 10.1. The molecule has 4 N–H and O–H groups in total. The molecule has 0 heterocycles. The normalized spacial score (nSPS) is 9.95. The summed E-state index contributed by atoms with van der Waals surface area (Å²) in [6.45, 7) is 2.05. The number of aryl methyl sites for hydroxylation is 1. The predicted molar refractivity (Wildman–Crippen MR) is 90.6 cm³/mol. The number of nitrogens with one attached hydrogen (secondary N) is 2. The van der Waals surface area contributed by atoms with Crippen LogP contribution in [0.1, 0.15) is 22.8 Å². The lowest BCUT2D eigenvalue weighted by molar-refractivity contribution is 0.102. The standard InChI is InChI=1S/C16H17N3OS/c1-2-11-6-3-4-9-14(11)19-15(20)12-7-5-8-13(10-12)18-16(17)21/h3-10H,2H2,1H3,(H,19,20)(H3,17,18,21). The van der Waals surface area contributed by atoms with Crippen molar-refractivity contribution < 1.29 is 4.79 Å². The molecule has 2 rings (SSSR count). The minimum absolute atomic E-state index is 0.164. The van der Waals surface area contributed by atoms with Gasteiger partial charge in [0.1, 0.15) is 0 Å². The van der Waals surface area contributed by atoms with Crippen molar-refractivity contribution >= 4 is 34.6 Å². The highest BCUT2D eigenvalue weighted by Crippen LogP contribution is 2.18. The van der Waals surface area contributed by atoms with Crippen LogP contribution in [0.25, 0.3) is 0 Å². The molecule has 0 aliphatic rings. The number of hydrogen-bond donors (Lipinski definition) is 3. The van der Waals surface area contributed by atoms with E-state index in [-0.39, 0.29) is 11.0 Å². The number of nitrogens with two attached hydrogens (primary N) is 1. The fraction of sp³-hybridized carbons (Fsp3) is 0.125. The molecule has 0 saturated heterocycles. The van der Waals surface area contributed by atoms with Gasteiger partial charge in [0.25, 0.3) is 5.91 Å². The number of benzene rings is 2. The Kier molecular flexibility index (Phi) is 4.90. The van der Waals surface area contributed by atoms with Crippen LogP contribution in [0.3, 0.4) is 0 Å². The largest absolute Gasteiger partial charge is 0.376 e. The van der Waals surface area contributed by atoms with Crippen LogP contribution in [0.5, 0.6) is 0 Å². The zero-order valence-electron chi connectivity index (χ0n) is 11.7. The van der Waals surface area contributed by atoms with Gasteiger partial charge in [0.2, 0.25) is 0 Å². The summed E-state index contributed by atoms with van der Waals surface area (Å²) in [6, 6.07) is 14.8. The smallest absolute Gasteiger partial charge is 0.255 e. The van der Waals surface area contributed by atoms with Gasteiger partial charge in [0.15, 0.2) is 5.11 Å². The van der Waals surface area contributed by atoms with Crippen molar-refractivity contribution in [1.29, 1.82) is 0 Å². The van der Waals surface area contributed by atoms with Crippen LogP contribution in [0, 0.1) is 0 Å². The highest BCUT2D eigenvalue weighted by molar-refractivity contribution is 7.80. The minimum Gasteiger partial charge on any atom is -0.376 e. The van der Waals surface area contributed by atoms with Gasteiger partial charge in [-0.05, 0) is 48.5 Å². The first-order chi connectivity index (χ1) is 10.1. The van der Waals surface area contributed by atoms with Crippen molar-refractivity contribution in [3.05, 3.63) is 59.7 Å². The quantitative estimate of drug-likeness (QED) is 0.759. The Balaban J connectivity index is 2.18. The van der Waals surface area contributed by atoms with Crippen molar-refractivity contribution in [2.24, 2.45) is 5.73 Å². The molecule has 0 aromatic heterocycles. The topological polar surface area (TPSA) is 67.2 Å². The summed E-state index contributed by atoms with van der Waals surface area (Å²) in [7, 11) is 0. The Bertz CT molecular complexity index is 670. The molecule has 0 radical (unpaired) electrons. The van der Waals surface area contributed by atoms with E-state index in [1.54, 1.807) is 24.3 Å². The molecule has 0 fully saturated rings. The predicted octanol–water partition coefficient (Wildman–Crippen LogP) is 3.16. The van der Waals surface area contributed by atoms with Gasteiger partial charge in [-0.2, -0.15) is 0 Å². The fourth-order valence-corrected chi connectivity index (χ4v) is 2.14. The molecule has 2 aromatic carbocycles. The van der Waals surface area contributed by atoms with Crippen molar-refractivity contribution in [2.75, 3.05) is 10.6 Å². The Morgan fingerprint density at radius 1 is 1.14 bits per heavy atom. The summed E-state index contributed by atoms with van der Waals surface area (Å²) >= 11 is 4.79. The molecule has 0 saturated carbocycles. The number of amides is 1. The highest BCUT2D eigenvalue weighted by atomic mass is 32.1. The third-order valence-corrected chi connectivity index (χ3v) is 3.14. The Morgan fingerprint density at radius 3 is 2.62 bits per heavy atom. The number of carbonyl (C=O) groups excluding carboxylic acids is 1. The van der Waals surface area contributed by atoms with E-state index in [0.717, 1.165) is 17.7 Å². The van der Waals surface area contributed by atoms with Crippen LogP contribution in [0.15, 0.2) is 48.5 Å². The number of carbonyl (C=O) groups is 1. The number of thiocarbonyl (C=S) groups is 1. The zero-order valence-corrected chi connectivity index (χ0v) is 12.5. The van der Waals surface area contributed by atoms with Gasteiger partial charge in [-0.25, -0.2) is 0 Å². The van der Waals surface area contributed by atoms with E-state index >= 15 is 0 Å². The number of para-hydroxylation sites is 1. The van der Waals surface area contributed by atoms with E-state index in [0.29, 0.717) is 11.3 Å². The maximum Gasteiger partial charge on any atom is 0.255 e. The van der Waals surface area contributed by atoms with Crippen molar-refractivity contribution in [2.45, 2.75) is 13.3 Å². The summed E-state index contributed by atoms with van der Waals surface area (Å²) in [5.41, 5.74) is 8.60. The molecule has 0 atom stereocenters. The average molecular weight is 299 g/mol. The number of hydrogen-bond acceptors (Lipinski definition) is 2. The van der Waals surface area contributed by atoms with Gasteiger partial charge in [0, 0.05) is 16.9 Å². The molecule has 0 bridgehead atoms. The Morgan fingerprint density at radius 2 is 1.90 bits per heavy atom. The lowest BCUT2D eigenvalue weighted by Gasteiger charge is -2.10. The lowest BCUT2D eigenvalue weighted by Crippen LogP contribution is -2.19. The molecular weight excluding hydrogens is 282 g/mol. The van der Waals surface area contributed by atoms with Crippen LogP contribution in [0.4, 0.5) is 11.4 Å². The molecule has 0 aliphatic carbocycles. The highest BCUT2D eigenvalue weighted by Gasteiger charge is 2.09. The first-order valence-corrected chi connectivity index (χ1v) is 7.06. The summed E-state index contributed by atoms with van der Waals surface area (Å²) in [4.78, 5) is 12.3. The average Bonchev–Trinajstić information content (AvgIpc) is 2.47. The monoisotopic (exact) mass is 299 g/mol. The molecule has 0 spiro atoms. The molecular formula is C16H17N3OS. The van der Waals surface area contributed by atoms with Gasteiger partial charge in [-0.1, -0.05) is 31.2 Å². The van der Waals surface area contributed by atoms with Gasteiger partial charge in [-0.15, -0.1) is 0 Å². The van der Waals surface area contributed by atoms with Gasteiger partial charge < -0.3 is 16.4 Å². The molecule has 1 amide bonds. The molecule has 21 heavy (non-hydrogen) atoms. The SMILES string of the molecule is CCc1ccccc1NC(=O)c1cccc(NC(N)=S)c1. The third kappa shape index (κ3) is 4.03. The first-order valence-electron chi connectivity index (χ1n) is 6.66. The second-order valence-electron chi connectivity index (χ2n) is 4.53. The van der Waals surface area contributed by atoms with E-state index in [1.807, 2.05) is 24.3 Å². The first kappa shape index (κ1) is 15.0. The maximum atomic E-state index is 12.3. The molecule has 2 aromatic rings. The summed E-state index contributed by atoms with van der Waals surface area (Å²) in [5.74, 6) is -0.164. The van der Waals surface area contributed by atoms with Crippen LogP contribution in [-0.2, 0) is 6.42 Å². The van der Waals surface area contributed by atoms with E-state index in [2.05, 4.69) is 17.6 Å². The van der Waals surface area contributed by atoms with Gasteiger partial charge in [0.05, 0.1) is 0 Å². The van der Waals surface area contributed by atoms with Crippen LogP contribution in [-0.4, -0.2) is 11.0 Å². The van der Waals surface area contributed by atoms with Crippen LogP contribution < -0.4 is 16.4 Å². The Labute approximate surface area is 129 Å². The fourth-order valence-electron chi connectivity index (χ4n) is 2.03. The summed E-state index contributed by atoms with van der Waals surface area (Å²) in [5, 5.41) is 5.91. The van der Waals surface area contributed by atoms with E-state index in [9.17, 15) is 4.79 Å². The third-order valence-electron chi connectivity index (χ3n) is 3.04. The molecule has 0 unspecified atom stereocenters. The molecule has 108 valence electrons. The van der Waals surface area contributed by atoms with E-state index < -0.39 is 0 Å². The summed E-state index contributed by atoms with van der Waals surface area (Å²) in [6.07, 6.45) is 0.861. The maximum absolute atomic E-state index is 12.3. The van der Waals surface area contributed by atoms with Crippen molar-refractivity contribution in [3.8, 4) is 0 Å². The van der Waals surface area contributed by atoms with Gasteiger partial charge in [-0.3, -0.25) is 4.79 Å². The van der Waals surface area contributed by atoms with Crippen LogP contribution in [0.2, 0.25) is 0 Å². The number of rotatable bonds is 4. The van der Waals surface area contributed by atoms with Crippen LogP contribution >= 0.6 is 12.2 Å². The molecule has 5 heteroatoms. The van der Waals surface area contributed by atoms with E-state index in [1.165, 1.54) is 0 Å². The molecule has 0 aliphatic heterocycles. The zero-order chi connectivity index (χ0) is 15.2. The number of anilines is 2. The van der Waals surface area contributed by atoms with E-state index in [4.69, 9.17) is 18.0 Å². The minimum atomic E-state index is -0.164.